The molecule has 34 heavy (non-hydrogen) atoms. The summed E-state index contributed by atoms with van der Waals surface area (Å²) in [4.78, 5) is 40.1. The average molecular weight is 464 g/mol. The second kappa shape index (κ2) is 12.9. The van der Waals surface area contributed by atoms with Crippen molar-refractivity contribution in [3.05, 3.63) is 65.2 Å². The number of nitrogens with one attached hydrogen (secondary N) is 2. The first-order valence-corrected chi connectivity index (χ1v) is 12.5. The van der Waals surface area contributed by atoms with E-state index < -0.39 is 0 Å². The van der Waals surface area contributed by atoms with Crippen LogP contribution in [0.25, 0.3) is 0 Å². The molecule has 1 aliphatic carbocycles. The van der Waals surface area contributed by atoms with Crippen molar-refractivity contribution in [1.82, 2.24) is 10.2 Å². The van der Waals surface area contributed by atoms with E-state index in [1.807, 2.05) is 55.5 Å². The zero-order valence-electron chi connectivity index (χ0n) is 20.4. The van der Waals surface area contributed by atoms with Gasteiger partial charge >= 0.3 is 0 Å². The Balaban J connectivity index is 1.60. The summed E-state index contributed by atoms with van der Waals surface area (Å²) in [5.41, 5.74) is 3.57. The number of carbonyl (C=O) groups excluding carboxylic acids is 3. The Kier molecular flexibility index (Phi) is 9.68. The predicted molar refractivity (Wildman–Crippen MR) is 136 cm³/mol. The number of nitrogens with zero attached hydrogens (tertiary/aromatic N) is 1. The first-order chi connectivity index (χ1) is 16.5. The number of unbranched alkanes of at least 4 members (excludes halogenated alkanes) is 1. The van der Waals surface area contributed by atoms with Crippen molar-refractivity contribution in [2.24, 2.45) is 0 Å². The van der Waals surface area contributed by atoms with E-state index in [1.165, 1.54) is 5.56 Å². The molecule has 0 aliphatic heterocycles. The molecule has 6 nitrogen and oxygen atoms in total. The summed E-state index contributed by atoms with van der Waals surface area (Å²) in [6, 6.07) is 15.3. The van der Waals surface area contributed by atoms with Gasteiger partial charge in [-0.15, -0.1) is 0 Å². The van der Waals surface area contributed by atoms with Crippen molar-refractivity contribution in [2.75, 3.05) is 18.4 Å². The minimum absolute atomic E-state index is 0.0428. The molecule has 1 saturated carbocycles. The van der Waals surface area contributed by atoms with Crippen molar-refractivity contribution < 1.29 is 14.4 Å². The molecule has 0 heterocycles. The SMILES string of the molecule is CCCCc1ccc(C(=O)N(CC(=O)NCC(=O)Nc2cccc(C)c2)C2CCCCC2)cc1. The number of anilines is 1. The molecule has 0 aromatic heterocycles. The third-order valence-electron chi connectivity index (χ3n) is 6.36. The summed E-state index contributed by atoms with van der Waals surface area (Å²) < 4.78 is 0. The molecule has 0 radical (unpaired) electrons. The molecule has 1 aliphatic rings. The van der Waals surface area contributed by atoms with Gasteiger partial charge in [-0.25, -0.2) is 0 Å². The maximum atomic E-state index is 13.4. The normalized spacial score (nSPS) is 13.8. The van der Waals surface area contributed by atoms with Crippen molar-refractivity contribution in [1.29, 1.82) is 0 Å². The summed E-state index contributed by atoms with van der Waals surface area (Å²) in [5, 5.41) is 5.47. The van der Waals surface area contributed by atoms with E-state index in [0.717, 1.165) is 56.9 Å². The van der Waals surface area contributed by atoms with Gasteiger partial charge in [-0.1, -0.05) is 56.9 Å². The molecular formula is C28H37N3O3. The van der Waals surface area contributed by atoms with E-state index in [1.54, 1.807) is 4.90 Å². The number of benzene rings is 2. The summed E-state index contributed by atoms with van der Waals surface area (Å²) in [6.45, 7) is 3.94. The van der Waals surface area contributed by atoms with Gasteiger partial charge in [0.2, 0.25) is 11.8 Å². The Morgan fingerprint density at radius 1 is 0.971 bits per heavy atom. The number of amides is 3. The zero-order valence-corrected chi connectivity index (χ0v) is 20.4. The molecule has 0 spiro atoms. The van der Waals surface area contributed by atoms with Gasteiger partial charge < -0.3 is 15.5 Å². The molecule has 2 aromatic rings. The summed E-state index contributed by atoms with van der Waals surface area (Å²) in [6.07, 6.45) is 8.35. The number of hydrogen-bond donors (Lipinski definition) is 2. The molecule has 0 bridgehead atoms. The highest BCUT2D eigenvalue weighted by Crippen LogP contribution is 2.24. The Hall–Kier alpha value is -3.15. The average Bonchev–Trinajstić information content (AvgIpc) is 2.85. The molecule has 3 rings (SSSR count). The molecule has 0 saturated heterocycles. The number of hydrogen-bond acceptors (Lipinski definition) is 3. The second-order valence-corrected chi connectivity index (χ2v) is 9.22. The maximum absolute atomic E-state index is 13.4. The fourth-order valence-electron chi connectivity index (χ4n) is 4.44. The lowest BCUT2D eigenvalue weighted by Crippen LogP contribution is -2.48. The highest BCUT2D eigenvalue weighted by Gasteiger charge is 2.28. The summed E-state index contributed by atoms with van der Waals surface area (Å²) in [5.74, 6) is -0.733. The van der Waals surface area contributed by atoms with Gasteiger partial charge in [-0.05, 0) is 68.0 Å². The zero-order chi connectivity index (χ0) is 24.3. The third-order valence-corrected chi connectivity index (χ3v) is 6.36. The largest absolute Gasteiger partial charge is 0.345 e. The molecule has 3 amide bonds. The maximum Gasteiger partial charge on any atom is 0.254 e. The van der Waals surface area contributed by atoms with Crippen LogP contribution in [0.5, 0.6) is 0 Å². The van der Waals surface area contributed by atoms with Crippen LogP contribution >= 0.6 is 0 Å². The number of rotatable bonds is 10. The summed E-state index contributed by atoms with van der Waals surface area (Å²) in [7, 11) is 0. The van der Waals surface area contributed by atoms with Crippen molar-refractivity contribution in [3.8, 4) is 0 Å². The van der Waals surface area contributed by atoms with Crippen molar-refractivity contribution in [3.63, 3.8) is 0 Å². The quantitative estimate of drug-likeness (QED) is 0.528. The molecule has 2 aromatic carbocycles. The molecule has 6 heteroatoms. The van der Waals surface area contributed by atoms with E-state index >= 15 is 0 Å². The Labute approximate surface area is 203 Å². The second-order valence-electron chi connectivity index (χ2n) is 9.22. The van der Waals surface area contributed by atoms with E-state index in [-0.39, 0.29) is 36.9 Å². The van der Waals surface area contributed by atoms with Crippen molar-refractivity contribution in [2.45, 2.75) is 71.3 Å². The topological polar surface area (TPSA) is 78.5 Å². The molecule has 0 unspecified atom stereocenters. The van der Waals surface area contributed by atoms with Crippen LogP contribution in [0.4, 0.5) is 5.69 Å². The fourth-order valence-corrected chi connectivity index (χ4v) is 4.44. The molecule has 1 fully saturated rings. The first kappa shape index (κ1) is 25.5. The van der Waals surface area contributed by atoms with Gasteiger partial charge in [0, 0.05) is 17.3 Å². The van der Waals surface area contributed by atoms with Crippen LogP contribution in [0.2, 0.25) is 0 Å². The molecule has 182 valence electrons. The van der Waals surface area contributed by atoms with Gasteiger partial charge in [-0.2, -0.15) is 0 Å². The van der Waals surface area contributed by atoms with E-state index in [4.69, 9.17) is 0 Å². The molecule has 0 atom stereocenters. The summed E-state index contributed by atoms with van der Waals surface area (Å²) >= 11 is 0. The van der Waals surface area contributed by atoms with E-state index in [9.17, 15) is 14.4 Å². The van der Waals surface area contributed by atoms with E-state index in [0.29, 0.717) is 11.3 Å². The van der Waals surface area contributed by atoms with Crippen molar-refractivity contribution >= 4 is 23.4 Å². The minimum Gasteiger partial charge on any atom is -0.345 e. The van der Waals surface area contributed by atoms with Gasteiger partial charge in [0.05, 0.1) is 6.54 Å². The van der Waals surface area contributed by atoms with Crippen LogP contribution in [0, 0.1) is 6.92 Å². The highest BCUT2D eigenvalue weighted by molar-refractivity contribution is 5.98. The van der Waals surface area contributed by atoms with Gasteiger partial charge in [-0.3, -0.25) is 14.4 Å². The Bertz CT molecular complexity index is 965. The molecule has 2 N–H and O–H groups in total. The monoisotopic (exact) mass is 463 g/mol. The van der Waals surface area contributed by atoms with Gasteiger partial charge in [0.15, 0.2) is 0 Å². The van der Waals surface area contributed by atoms with Crippen LogP contribution < -0.4 is 10.6 Å². The third kappa shape index (κ3) is 7.72. The van der Waals surface area contributed by atoms with Crippen LogP contribution in [0.1, 0.15) is 73.4 Å². The van der Waals surface area contributed by atoms with Crippen LogP contribution in [0.15, 0.2) is 48.5 Å². The van der Waals surface area contributed by atoms with Crippen LogP contribution in [-0.4, -0.2) is 41.8 Å². The van der Waals surface area contributed by atoms with Gasteiger partial charge in [0.1, 0.15) is 6.54 Å². The first-order valence-electron chi connectivity index (χ1n) is 12.5. The lowest BCUT2D eigenvalue weighted by atomic mass is 9.93. The predicted octanol–water partition coefficient (Wildman–Crippen LogP) is 4.87. The smallest absolute Gasteiger partial charge is 0.254 e. The highest BCUT2D eigenvalue weighted by atomic mass is 16.2. The Morgan fingerprint density at radius 2 is 1.71 bits per heavy atom. The fraction of sp³-hybridized carbons (Fsp3) is 0.464. The lowest BCUT2D eigenvalue weighted by molar-refractivity contribution is -0.125. The lowest BCUT2D eigenvalue weighted by Gasteiger charge is -2.34. The van der Waals surface area contributed by atoms with Gasteiger partial charge in [0.25, 0.3) is 5.91 Å². The Morgan fingerprint density at radius 3 is 2.38 bits per heavy atom. The molecular weight excluding hydrogens is 426 g/mol. The van der Waals surface area contributed by atoms with E-state index in [2.05, 4.69) is 17.6 Å². The number of carbonyl (C=O) groups is 3. The van der Waals surface area contributed by atoms with Crippen LogP contribution in [-0.2, 0) is 16.0 Å². The number of aryl methyl sites for hydroxylation is 2. The minimum atomic E-state index is -0.321. The standard InChI is InChI=1S/C28H37N3O3/c1-3-4-10-22-14-16-23(17-15-22)28(34)31(25-12-6-5-7-13-25)20-27(33)29-19-26(32)30-24-11-8-9-21(2)18-24/h8-9,11,14-18,25H,3-7,10,12-13,19-20H2,1-2H3,(H,29,33)(H,30,32). The van der Waals surface area contributed by atoms with Crippen LogP contribution in [0.3, 0.4) is 0 Å².